The molecule has 4 aliphatic rings. The highest BCUT2D eigenvalue weighted by Gasteiger charge is 2.58. The summed E-state index contributed by atoms with van der Waals surface area (Å²) in [6.45, 7) is 3.09. The van der Waals surface area contributed by atoms with E-state index in [0.29, 0.717) is 19.1 Å². The van der Waals surface area contributed by atoms with Gasteiger partial charge in [0.2, 0.25) is 5.91 Å². The van der Waals surface area contributed by atoms with Crippen LogP contribution < -0.4 is 4.74 Å². The fourth-order valence-electron chi connectivity index (χ4n) is 5.54. The van der Waals surface area contributed by atoms with Crippen LogP contribution in [-0.4, -0.2) is 50.0 Å². The van der Waals surface area contributed by atoms with E-state index in [-0.39, 0.29) is 11.3 Å². The van der Waals surface area contributed by atoms with Crippen molar-refractivity contribution in [2.75, 3.05) is 33.4 Å². The van der Waals surface area contributed by atoms with Crippen molar-refractivity contribution in [1.29, 1.82) is 0 Å². The molecule has 0 bridgehead atoms. The second-order valence-electron chi connectivity index (χ2n) is 8.74. The molecule has 0 N–H and O–H groups in total. The molecule has 1 aromatic rings. The Hall–Kier alpha value is -1.59. The Balaban J connectivity index is 1.52. The van der Waals surface area contributed by atoms with Crippen LogP contribution in [0.2, 0.25) is 0 Å². The number of hydrogen-bond acceptors (Lipinski definition) is 4. The van der Waals surface area contributed by atoms with E-state index in [1.54, 1.807) is 7.11 Å². The van der Waals surface area contributed by atoms with Crippen LogP contribution in [0.4, 0.5) is 0 Å². The Morgan fingerprint density at radius 2 is 2.00 bits per heavy atom. The molecule has 0 aromatic heterocycles. The maximum Gasteiger partial charge on any atom is 0.226 e. The van der Waals surface area contributed by atoms with Crippen molar-refractivity contribution < 1.29 is 19.0 Å². The van der Waals surface area contributed by atoms with Gasteiger partial charge in [-0.05, 0) is 49.3 Å². The average Bonchev–Trinajstić information content (AvgIpc) is 3.42. The van der Waals surface area contributed by atoms with Crippen molar-refractivity contribution in [2.45, 2.75) is 49.7 Å². The van der Waals surface area contributed by atoms with Crippen LogP contribution in [0.25, 0.3) is 0 Å². The van der Waals surface area contributed by atoms with Gasteiger partial charge in [-0.25, -0.2) is 0 Å². The van der Waals surface area contributed by atoms with Gasteiger partial charge in [-0.3, -0.25) is 4.79 Å². The van der Waals surface area contributed by atoms with Gasteiger partial charge in [-0.2, -0.15) is 0 Å². The summed E-state index contributed by atoms with van der Waals surface area (Å²) in [6.07, 6.45) is 5.93. The topological polar surface area (TPSA) is 48.0 Å². The van der Waals surface area contributed by atoms with Gasteiger partial charge in [-0.1, -0.05) is 12.1 Å². The molecule has 1 spiro atoms. The summed E-state index contributed by atoms with van der Waals surface area (Å²) in [7, 11) is 1.70. The predicted molar refractivity (Wildman–Crippen MR) is 101 cm³/mol. The minimum Gasteiger partial charge on any atom is -0.497 e. The molecule has 0 radical (unpaired) electrons. The lowest BCUT2D eigenvalue weighted by atomic mass is 9.57. The van der Waals surface area contributed by atoms with E-state index in [1.165, 1.54) is 18.4 Å². The molecule has 2 saturated carbocycles. The van der Waals surface area contributed by atoms with Crippen LogP contribution in [0.3, 0.4) is 0 Å². The Labute approximate surface area is 161 Å². The molecule has 146 valence electrons. The first-order valence-electron chi connectivity index (χ1n) is 10.4. The number of carbonyl (C=O) groups is 1. The average molecular weight is 371 g/mol. The molecule has 5 rings (SSSR count). The highest BCUT2D eigenvalue weighted by Crippen LogP contribution is 2.55. The third-order valence-corrected chi connectivity index (χ3v) is 7.14. The molecule has 1 amide bonds. The molecule has 1 aromatic carbocycles. The van der Waals surface area contributed by atoms with E-state index in [9.17, 15) is 4.79 Å². The number of rotatable bonds is 4. The molecule has 2 atom stereocenters. The quantitative estimate of drug-likeness (QED) is 0.816. The number of carbonyl (C=O) groups excluding carboxylic acids is 1. The number of piperidine rings is 1. The molecule has 27 heavy (non-hydrogen) atoms. The van der Waals surface area contributed by atoms with Crippen molar-refractivity contribution in [1.82, 2.24) is 4.90 Å². The molecule has 2 saturated heterocycles. The Morgan fingerprint density at radius 1 is 1.19 bits per heavy atom. The summed E-state index contributed by atoms with van der Waals surface area (Å²) in [5, 5.41) is 0. The fraction of sp³-hybridized carbons (Fsp3) is 0.682. The maximum atomic E-state index is 13.5. The molecule has 5 heteroatoms. The van der Waals surface area contributed by atoms with E-state index >= 15 is 0 Å². The van der Waals surface area contributed by atoms with Crippen molar-refractivity contribution in [3.05, 3.63) is 29.8 Å². The summed E-state index contributed by atoms with van der Waals surface area (Å²) in [6, 6.07) is 8.29. The van der Waals surface area contributed by atoms with Gasteiger partial charge < -0.3 is 19.1 Å². The van der Waals surface area contributed by atoms with Crippen LogP contribution in [-0.2, 0) is 19.7 Å². The predicted octanol–water partition coefficient (Wildman–Crippen LogP) is 3.12. The molecule has 4 fully saturated rings. The van der Waals surface area contributed by atoms with E-state index in [4.69, 9.17) is 14.2 Å². The fourth-order valence-corrected chi connectivity index (χ4v) is 5.54. The SMILES string of the molecule is COc1cccc(C23CCN(CC4CC4)C(=O)C2CCC2(C3)OCCO2)c1. The lowest BCUT2D eigenvalue weighted by Gasteiger charge is -2.54. The number of ether oxygens (including phenoxy) is 3. The van der Waals surface area contributed by atoms with Crippen LogP contribution in [0, 0.1) is 11.8 Å². The number of methoxy groups -OCH3 is 1. The largest absolute Gasteiger partial charge is 0.497 e. The standard InChI is InChI=1S/C22H29NO4/c1-25-18-4-2-3-17(13-18)21-9-10-23(14-16-5-6-16)20(24)19(21)7-8-22(15-21)26-11-12-27-22/h2-4,13,16,19H,5-12,14-15H2,1H3. The maximum absolute atomic E-state index is 13.5. The van der Waals surface area contributed by atoms with E-state index in [0.717, 1.165) is 50.4 Å². The van der Waals surface area contributed by atoms with Crippen LogP contribution in [0.5, 0.6) is 5.75 Å². The van der Waals surface area contributed by atoms with Gasteiger partial charge in [0.05, 0.1) is 20.3 Å². The van der Waals surface area contributed by atoms with Gasteiger partial charge in [0.15, 0.2) is 5.79 Å². The van der Waals surface area contributed by atoms with Gasteiger partial charge in [0, 0.05) is 37.3 Å². The Kier molecular flexibility index (Phi) is 4.21. The monoisotopic (exact) mass is 371 g/mol. The molecule has 5 nitrogen and oxygen atoms in total. The molecule has 2 aliphatic heterocycles. The zero-order chi connectivity index (χ0) is 18.5. The molecular weight excluding hydrogens is 342 g/mol. The van der Waals surface area contributed by atoms with E-state index in [1.807, 2.05) is 12.1 Å². The normalized spacial score (nSPS) is 32.6. The summed E-state index contributed by atoms with van der Waals surface area (Å²) >= 11 is 0. The third-order valence-electron chi connectivity index (χ3n) is 7.14. The van der Waals surface area contributed by atoms with Crippen molar-refractivity contribution in [2.24, 2.45) is 11.8 Å². The summed E-state index contributed by atoms with van der Waals surface area (Å²) in [5.74, 6) is 1.41. The smallest absolute Gasteiger partial charge is 0.226 e. The second kappa shape index (κ2) is 6.49. The zero-order valence-corrected chi connectivity index (χ0v) is 16.1. The first kappa shape index (κ1) is 17.5. The van der Waals surface area contributed by atoms with Crippen LogP contribution in [0.15, 0.2) is 24.3 Å². The van der Waals surface area contributed by atoms with Crippen LogP contribution in [0.1, 0.15) is 44.1 Å². The first-order valence-corrected chi connectivity index (χ1v) is 10.4. The summed E-state index contributed by atoms with van der Waals surface area (Å²) in [5.41, 5.74) is 0.971. The number of amides is 1. The minimum absolute atomic E-state index is 0.00975. The number of benzene rings is 1. The summed E-state index contributed by atoms with van der Waals surface area (Å²) < 4.78 is 17.7. The molecule has 2 unspecified atom stereocenters. The van der Waals surface area contributed by atoms with Crippen molar-refractivity contribution in [3.8, 4) is 5.75 Å². The zero-order valence-electron chi connectivity index (χ0n) is 16.1. The van der Waals surface area contributed by atoms with Gasteiger partial charge in [0.1, 0.15) is 5.75 Å². The summed E-state index contributed by atoms with van der Waals surface area (Å²) in [4.78, 5) is 15.6. The number of likely N-dealkylation sites (tertiary alicyclic amines) is 1. The second-order valence-corrected chi connectivity index (χ2v) is 8.74. The highest BCUT2D eigenvalue weighted by atomic mass is 16.7. The first-order chi connectivity index (χ1) is 13.1. The third kappa shape index (κ3) is 2.95. The van der Waals surface area contributed by atoms with Gasteiger partial charge in [-0.15, -0.1) is 0 Å². The van der Waals surface area contributed by atoms with Crippen molar-refractivity contribution >= 4 is 5.91 Å². The molecular formula is C22H29NO4. The number of fused-ring (bicyclic) bond motifs is 1. The molecule has 2 aliphatic carbocycles. The Morgan fingerprint density at radius 3 is 2.74 bits per heavy atom. The Bertz CT molecular complexity index is 725. The lowest BCUT2D eigenvalue weighted by Crippen LogP contribution is -2.59. The van der Waals surface area contributed by atoms with E-state index in [2.05, 4.69) is 17.0 Å². The van der Waals surface area contributed by atoms with Crippen molar-refractivity contribution in [3.63, 3.8) is 0 Å². The number of hydrogen-bond donors (Lipinski definition) is 0. The molecule has 2 heterocycles. The van der Waals surface area contributed by atoms with Gasteiger partial charge >= 0.3 is 0 Å². The minimum atomic E-state index is -0.515. The number of nitrogens with zero attached hydrogens (tertiary/aromatic N) is 1. The lowest BCUT2D eigenvalue weighted by molar-refractivity contribution is -0.208. The van der Waals surface area contributed by atoms with E-state index < -0.39 is 5.79 Å². The highest BCUT2D eigenvalue weighted by molar-refractivity contribution is 5.82. The van der Waals surface area contributed by atoms with Gasteiger partial charge in [0.25, 0.3) is 0 Å². The van der Waals surface area contributed by atoms with Crippen LogP contribution >= 0.6 is 0 Å².